The molecule has 0 fully saturated rings. The van der Waals surface area contributed by atoms with Crippen LogP contribution < -0.4 is 10.6 Å². The number of carbonyl (C=O) groups excluding carboxylic acids is 1. The fourth-order valence-corrected chi connectivity index (χ4v) is 2.46. The Labute approximate surface area is 143 Å². The van der Waals surface area contributed by atoms with Crippen LogP contribution in [0.1, 0.15) is 55.7 Å². The lowest BCUT2D eigenvalue weighted by molar-refractivity contribution is 0.102. The van der Waals surface area contributed by atoms with Crippen molar-refractivity contribution in [3.05, 3.63) is 47.3 Å². The number of amides is 1. The molecule has 0 radical (unpaired) electrons. The molecule has 0 aliphatic heterocycles. The molecule has 2 aromatic rings. The van der Waals surface area contributed by atoms with Crippen LogP contribution in [0.15, 0.2) is 30.5 Å². The minimum absolute atomic E-state index is 0.208. The van der Waals surface area contributed by atoms with E-state index in [-0.39, 0.29) is 11.9 Å². The van der Waals surface area contributed by atoms with Crippen LogP contribution in [0.5, 0.6) is 0 Å². The van der Waals surface area contributed by atoms with Gasteiger partial charge in [-0.25, -0.2) is 9.97 Å². The zero-order valence-corrected chi connectivity index (χ0v) is 14.9. The largest absolute Gasteiger partial charge is 0.352 e. The summed E-state index contributed by atoms with van der Waals surface area (Å²) >= 11 is 0. The first kappa shape index (κ1) is 17.9. The maximum absolute atomic E-state index is 12.6. The van der Waals surface area contributed by atoms with Crippen molar-refractivity contribution in [2.24, 2.45) is 0 Å². The number of nitrogens with zero attached hydrogens (tertiary/aromatic N) is 2. The fourth-order valence-electron chi connectivity index (χ4n) is 2.46. The quantitative estimate of drug-likeness (QED) is 0.805. The van der Waals surface area contributed by atoms with Gasteiger partial charge in [-0.3, -0.25) is 4.79 Å². The van der Waals surface area contributed by atoms with Gasteiger partial charge in [0.2, 0.25) is 5.95 Å². The maximum atomic E-state index is 12.6. The van der Waals surface area contributed by atoms with E-state index in [4.69, 9.17) is 0 Å². The molecule has 24 heavy (non-hydrogen) atoms. The molecule has 5 nitrogen and oxygen atoms in total. The maximum Gasteiger partial charge on any atom is 0.274 e. The second-order valence-electron chi connectivity index (χ2n) is 5.83. The third kappa shape index (κ3) is 4.31. The Morgan fingerprint density at radius 3 is 2.38 bits per heavy atom. The number of para-hydroxylation sites is 1. The highest BCUT2D eigenvalue weighted by Gasteiger charge is 2.14. The Hall–Kier alpha value is -2.43. The molecule has 1 amide bonds. The number of carbonyl (C=O) groups is 1. The first-order valence-corrected chi connectivity index (χ1v) is 8.60. The Kier molecular flexibility index (Phi) is 6.29. The number of rotatable bonds is 7. The fraction of sp³-hybridized carbons (Fsp3) is 0.421. The lowest BCUT2D eigenvalue weighted by Crippen LogP contribution is -2.19. The third-order valence-corrected chi connectivity index (χ3v) is 4.11. The molecule has 0 saturated carbocycles. The van der Waals surface area contributed by atoms with E-state index in [1.54, 1.807) is 12.3 Å². The summed E-state index contributed by atoms with van der Waals surface area (Å²) in [6.07, 6.45) is 4.31. The van der Waals surface area contributed by atoms with E-state index in [2.05, 4.69) is 48.3 Å². The zero-order chi connectivity index (χ0) is 17.5. The monoisotopic (exact) mass is 326 g/mol. The third-order valence-electron chi connectivity index (χ3n) is 4.11. The van der Waals surface area contributed by atoms with E-state index in [0.717, 1.165) is 36.1 Å². The number of anilines is 2. The average molecular weight is 326 g/mol. The van der Waals surface area contributed by atoms with Crippen molar-refractivity contribution in [1.29, 1.82) is 0 Å². The number of hydrogen-bond donors (Lipinski definition) is 2. The number of nitrogens with one attached hydrogen (secondary N) is 2. The summed E-state index contributed by atoms with van der Waals surface area (Å²) in [5, 5.41) is 6.23. The molecule has 0 saturated heterocycles. The molecule has 128 valence electrons. The number of hydrogen-bond acceptors (Lipinski definition) is 4. The molecule has 1 heterocycles. The predicted octanol–water partition coefficient (Wildman–Crippen LogP) is 4.06. The smallest absolute Gasteiger partial charge is 0.274 e. The molecule has 0 spiro atoms. The van der Waals surface area contributed by atoms with Gasteiger partial charge in [-0.15, -0.1) is 0 Å². The first-order valence-electron chi connectivity index (χ1n) is 8.60. The molecule has 0 aliphatic rings. The van der Waals surface area contributed by atoms with Crippen molar-refractivity contribution in [2.75, 3.05) is 10.6 Å². The van der Waals surface area contributed by atoms with Gasteiger partial charge < -0.3 is 10.6 Å². The summed E-state index contributed by atoms with van der Waals surface area (Å²) in [6, 6.07) is 8.02. The first-order chi connectivity index (χ1) is 11.6. The lowest BCUT2D eigenvalue weighted by atomic mass is 10.0. The Morgan fingerprint density at radius 2 is 1.79 bits per heavy atom. The van der Waals surface area contributed by atoms with Gasteiger partial charge in [0.1, 0.15) is 5.69 Å². The Bertz CT molecular complexity index is 677. The van der Waals surface area contributed by atoms with Gasteiger partial charge in [0.25, 0.3) is 5.91 Å². The van der Waals surface area contributed by atoms with Gasteiger partial charge in [-0.2, -0.15) is 0 Å². The van der Waals surface area contributed by atoms with E-state index in [1.807, 2.05) is 18.2 Å². The Morgan fingerprint density at radius 1 is 1.12 bits per heavy atom. The second-order valence-corrected chi connectivity index (χ2v) is 5.83. The van der Waals surface area contributed by atoms with Gasteiger partial charge in [-0.1, -0.05) is 39.0 Å². The van der Waals surface area contributed by atoms with E-state index in [0.29, 0.717) is 11.6 Å². The highest BCUT2D eigenvalue weighted by molar-refractivity contribution is 6.03. The summed E-state index contributed by atoms with van der Waals surface area (Å²) in [4.78, 5) is 21.1. The van der Waals surface area contributed by atoms with Gasteiger partial charge in [0, 0.05) is 17.9 Å². The van der Waals surface area contributed by atoms with Crippen LogP contribution in [0.3, 0.4) is 0 Å². The number of aryl methyl sites for hydroxylation is 2. The van der Waals surface area contributed by atoms with Gasteiger partial charge in [0.15, 0.2) is 0 Å². The zero-order valence-electron chi connectivity index (χ0n) is 14.9. The van der Waals surface area contributed by atoms with Crippen LogP contribution in [-0.4, -0.2) is 21.9 Å². The van der Waals surface area contributed by atoms with Crippen molar-refractivity contribution in [3.8, 4) is 0 Å². The molecular weight excluding hydrogens is 300 g/mol. The minimum Gasteiger partial charge on any atom is -0.352 e. The lowest BCUT2D eigenvalue weighted by Gasteiger charge is -2.15. The summed E-state index contributed by atoms with van der Waals surface area (Å²) in [5.74, 6) is 0.275. The molecule has 5 heteroatoms. The van der Waals surface area contributed by atoms with Gasteiger partial charge in [-0.05, 0) is 43.4 Å². The average Bonchev–Trinajstić information content (AvgIpc) is 2.61. The summed E-state index contributed by atoms with van der Waals surface area (Å²) in [6.45, 7) is 8.32. The molecule has 1 aromatic heterocycles. The van der Waals surface area contributed by atoms with Crippen molar-refractivity contribution in [2.45, 2.75) is 53.0 Å². The highest BCUT2D eigenvalue weighted by atomic mass is 16.1. The Balaban J connectivity index is 2.23. The standard InChI is InChI=1S/C19H26N4O/c1-5-13(4)21-19-20-12-11-16(22-19)18(24)23-17-14(6-2)9-8-10-15(17)7-3/h8-13H,5-7H2,1-4H3,(H,23,24)(H,20,21,22). The van der Waals surface area contributed by atoms with E-state index < -0.39 is 0 Å². The summed E-state index contributed by atoms with van der Waals surface area (Å²) in [7, 11) is 0. The summed E-state index contributed by atoms with van der Waals surface area (Å²) in [5.41, 5.74) is 3.54. The second kappa shape index (κ2) is 8.43. The normalized spacial score (nSPS) is 11.8. The van der Waals surface area contributed by atoms with Crippen LogP contribution in [-0.2, 0) is 12.8 Å². The van der Waals surface area contributed by atoms with E-state index >= 15 is 0 Å². The predicted molar refractivity (Wildman–Crippen MR) is 98.6 cm³/mol. The summed E-state index contributed by atoms with van der Waals surface area (Å²) < 4.78 is 0. The van der Waals surface area contributed by atoms with Crippen molar-refractivity contribution in [1.82, 2.24) is 9.97 Å². The topological polar surface area (TPSA) is 66.9 Å². The van der Waals surface area contributed by atoms with Crippen LogP contribution >= 0.6 is 0 Å². The van der Waals surface area contributed by atoms with E-state index in [1.165, 1.54) is 0 Å². The number of benzene rings is 1. The molecular formula is C19H26N4O. The molecule has 0 aliphatic carbocycles. The molecule has 2 rings (SSSR count). The minimum atomic E-state index is -0.208. The van der Waals surface area contributed by atoms with Gasteiger partial charge >= 0.3 is 0 Å². The molecule has 1 unspecified atom stereocenters. The van der Waals surface area contributed by atoms with Gasteiger partial charge in [0.05, 0.1) is 0 Å². The molecule has 1 aromatic carbocycles. The van der Waals surface area contributed by atoms with Crippen molar-refractivity contribution in [3.63, 3.8) is 0 Å². The number of aromatic nitrogens is 2. The van der Waals surface area contributed by atoms with Crippen LogP contribution in [0.25, 0.3) is 0 Å². The molecule has 2 N–H and O–H groups in total. The molecule has 1 atom stereocenters. The van der Waals surface area contributed by atoms with Crippen molar-refractivity contribution >= 4 is 17.5 Å². The molecule has 0 bridgehead atoms. The van der Waals surface area contributed by atoms with E-state index in [9.17, 15) is 4.79 Å². The van der Waals surface area contributed by atoms with Crippen LogP contribution in [0.2, 0.25) is 0 Å². The SMILES string of the molecule is CCc1cccc(CC)c1NC(=O)c1ccnc(NC(C)CC)n1. The highest BCUT2D eigenvalue weighted by Crippen LogP contribution is 2.23. The van der Waals surface area contributed by atoms with Crippen LogP contribution in [0, 0.1) is 0 Å². The van der Waals surface area contributed by atoms with Crippen LogP contribution in [0.4, 0.5) is 11.6 Å². The van der Waals surface area contributed by atoms with Crippen molar-refractivity contribution < 1.29 is 4.79 Å².